The minimum Gasteiger partial charge on any atom is -0.465 e. The molecule has 20 heavy (non-hydrogen) atoms. The molecule has 0 radical (unpaired) electrons. The van der Waals surface area contributed by atoms with Gasteiger partial charge in [0.1, 0.15) is 5.82 Å². The van der Waals surface area contributed by atoms with Crippen LogP contribution in [-0.4, -0.2) is 44.0 Å². The van der Waals surface area contributed by atoms with Crippen molar-refractivity contribution < 1.29 is 17.9 Å². The Morgan fingerprint density at radius 2 is 2.25 bits per heavy atom. The van der Waals surface area contributed by atoms with Gasteiger partial charge in [-0.2, -0.15) is 0 Å². The highest BCUT2D eigenvalue weighted by Gasteiger charge is 2.30. The average Bonchev–Trinajstić information content (AvgIpc) is 2.74. The monoisotopic (exact) mass is 298 g/mol. The Labute approximate surface area is 118 Å². The van der Waals surface area contributed by atoms with E-state index >= 15 is 0 Å². The van der Waals surface area contributed by atoms with Crippen LogP contribution in [0.25, 0.3) is 0 Å². The lowest BCUT2D eigenvalue weighted by molar-refractivity contribution is 0.0599. The molecule has 2 rings (SSSR count). The lowest BCUT2D eigenvalue weighted by atomic mass is 10.2. The summed E-state index contributed by atoms with van der Waals surface area (Å²) in [5.74, 6) is 0.407. The Hall–Kier alpha value is -1.63. The molecule has 0 spiro atoms. The van der Waals surface area contributed by atoms with E-state index in [2.05, 4.69) is 15.0 Å². The Morgan fingerprint density at radius 1 is 1.50 bits per heavy atom. The molecule has 110 valence electrons. The van der Waals surface area contributed by atoms with Gasteiger partial charge in [-0.05, 0) is 31.9 Å². The molecule has 0 aliphatic carbocycles. The van der Waals surface area contributed by atoms with Gasteiger partial charge in [-0.1, -0.05) is 0 Å². The van der Waals surface area contributed by atoms with Gasteiger partial charge in [0.2, 0.25) is 0 Å². The number of nitrogens with zero attached hydrogens (tertiary/aromatic N) is 1. The molecule has 0 bridgehead atoms. The molecule has 6 nitrogen and oxygen atoms in total. The molecule has 1 fully saturated rings. The van der Waals surface area contributed by atoms with Gasteiger partial charge in [0.25, 0.3) is 0 Å². The zero-order valence-electron chi connectivity index (χ0n) is 11.5. The zero-order valence-corrected chi connectivity index (χ0v) is 12.4. The minimum absolute atomic E-state index is 0.271. The molecule has 1 aliphatic rings. The van der Waals surface area contributed by atoms with Crippen molar-refractivity contribution in [2.75, 3.05) is 24.7 Å². The Morgan fingerprint density at radius 3 is 2.80 bits per heavy atom. The van der Waals surface area contributed by atoms with Crippen LogP contribution in [0.3, 0.4) is 0 Å². The molecular weight excluding hydrogens is 280 g/mol. The van der Waals surface area contributed by atoms with Gasteiger partial charge in [-0.15, -0.1) is 0 Å². The number of rotatable bonds is 4. The summed E-state index contributed by atoms with van der Waals surface area (Å²) in [5.41, 5.74) is 0.961. The van der Waals surface area contributed by atoms with Crippen LogP contribution in [0.4, 0.5) is 5.82 Å². The fourth-order valence-corrected chi connectivity index (χ4v) is 4.06. The van der Waals surface area contributed by atoms with Gasteiger partial charge in [-0.3, -0.25) is 0 Å². The fourth-order valence-electron chi connectivity index (χ4n) is 2.29. The van der Waals surface area contributed by atoms with Crippen molar-refractivity contribution in [2.24, 2.45) is 0 Å². The van der Waals surface area contributed by atoms with Crippen molar-refractivity contribution in [3.05, 3.63) is 23.4 Å². The van der Waals surface area contributed by atoms with E-state index in [1.165, 1.54) is 7.11 Å². The van der Waals surface area contributed by atoms with E-state index in [-0.39, 0.29) is 11.0 Å². The standard InChI is InChI=1S/C13H18N2O4S/c1-9-11(13(16)19-2)5-6-12(15-9)14-8-10-4-3-7-20(10,17)18/h5-6,10H,3-4,7-8H2,1-2H3,(H,14,15). The summed E-state index contributed by atoms with van der Waals surface area (Å²) in [4.78, 5) is 15.7. The quantitative estimate of drug-likeness (QED) is 0.840. The van der Waals surface area contributed by atoms with Crippen LogP contribution in [0.2, 0.25) is 0 Å². The van der Waals surface area contributed by atoms with Gasteiger partial charge >= 0.3 is 5.97 Å². The van der Waals surface area contributed by atoms with E-state index in [4.69, 9.17) is 0 Å². The first kappa shape index (κ1) is 14.8. The number of ether oxygens (including phenoxy) is 1. The second-order valence-corrected chi connectivity index (χ2v) is 7.23. The van der Waals surface area contributed by atoms with Gasteiger partial charge < -0.3 is 10.1 Å². The summed E-state index contributed by atoms with van der Waals surface area (Å²) in [6, 6.07) is 3.28. The lowest BCUT2D eigenvalue weighted by Gasteiger charge is -2.12. The van der Waals surface area contributed by atoms with Crippen LogP contribution in [0.15, 0.2) is 12.1 Å². The second kappa shape index (κ2) is 5.78. The van der Waals surface area contributed by atoms with Crippen LogP contribution < -0.4 is 5.32 Å². The molecule has 1 aromatic heterocycles. The Balaban J connectivity index is 2.04. The van der Waals surface area contributed by atoms with Crippen molar-refractivity contribution in [1.82, 2.24) is 4.98 Å². The normalized spacial score (nSPS) is 20.6. The number of carbonyl (C=O) groups excluding carboxylic acids is 1. The maximum Gasteiger partial charge on any atom is 0.339 e. The number of anilines is 1. The molecular formula is C13H18N2O4S. The van der Waals surface area contributed by atoms with Gasteiger partial charge in [-0.25, -0.2) is 18.2 Å². The van der Waals surface area contributed by atoms with Gasteiger partial charge in [0.05, 0.1) is 29.4 Å². The van der Waals surface area contributed by atoms with Crippen LogP contribution in [0.1, 0.15) is 28.9 Å². The molecule has 2 heterocycles. The van der Waals surface area contributed by atoms with Crippen LogP contribution in [0.5, 0.6) is 0 Å². The summed E-state index contributed by atoms with van der Waals surface area (Å²) >= 11 is 0. The van der Waals surface area contributed by atoms with Crippen molar-refractivity contribution in [3.63, 3.8) is 0 Å². The summed E-state index contributed by atoms with van der Waals surface area (Å²) < 4.78 is 28.1. The molecule has 0 aromatic carbocycles. The third-order valence-corrected chi connectivity index (χ3v) is 5.74. The van der Waals surface area contributed by atoms with Gasteiger partial charge in [0.15, 0.2) is 9.84 Å². The highest BCUT2D eigenvalue weighted by molar-refractivity contribution is 7.92. The molecule has 1 aliphatic heterocycles. The first-order chi connectivity index (χ1) is 9.44. The predicted molar refractivity (Wildman–Crippen MR) is 75.6 cm³/mol. The summed E-state index contributed by atoms with van der Waals surface area (Å²) in [6.07, 6.45) is 1.41. The highest BCUT2D eigenvalue weighted by Crippen LogP contribution is 2.20. The Bertz CT molecular complexity index is 613. The van der Waals surface area contributed by atoms with Gasteiger partial charge in [0, 0.05) is 6.54 Å². The minimum atomic E-state index is -2.96. The number of aryl methyl sites for hydroxylation is 1. The first-order valence-electron chi connectivity index (χ1n) is 6.45. The molecule has 1 unspecified atom stereocenters. The SMILES string of the molecule is COC(=O)c1ccc(NCC2CCCS2(=O)=O)nc1C. The van der Waals surface area contributed by atoms with Crippen molar-refractivity contribution in [2.45, 2.75) is 25.0 Å². The smallest absolute Gasteiger partial charge is 0.339 e. The topological polar surface area (TPSA) is 85.4 Å². The zero-order chi connectivity index (χ0) is 14.8. The van der Waals surface area contributed by atoms with E-state index < -0.39 is 15.8 Å². The van der Waals surface area contributed by atoms with Crippen molar-refractivity contribution in [1.29, 1.82) is 0 Å². The number of methoxy groups -OCH3 is 1. The molecule has 1 N–H and O–H groups in total. The lowest BCUT2D eigenvalue weighted by Crippen LogP contribution is -2.25. The predicted octanol–water partition coefficient (Wildman–Crippen LogP) is 1.17. The number of carbonyl (C=O) groups is 1. The maximum absolute atomic E-state index is 11.7. The number of aromatic nitrogens is 1. The van der Waals surface area contributed by atoms with E-state index in [0.29, 0.717) is 30.0 Å². The highest BCUT2D eigenvalue weighted by atomic mass is 32.2. The molecule has 1 aromatic rings. The van der Waals surface area contributed by atoms with E-state index in [1.54, 1.807) is 19.1 Å². The third kappa shape index (κ3) is 3.09. The molecule has 1 saturated heterocycles. The second-order valence-electron chi connectivity index (χ2n) is 4.83. The number of esters is 1. The Kier molecular flexibility index (Phi) is 4.27. The fraction of sp³-hybridized carbons (Fsp3) is 0.538. The number of pyridine rings is 1. The third-order valence-electron chi connectivity index (χ3n) is 3.46. The molecule has 7 heteroatoms. The summed E-state index contributed by atoms with van der Waals surface area (Å²) in [5, 5.41) is 2.68. The summed E-state index contributed by atoms with van der Waals surface area (Å²) in [7, 11) is -1.64. The first-order valence-corrected chi connectivity index (χ1v) is 8.17. The van der Waals surface area contributed by atoms with Crippen molar-refractivity contribution >= 4 is 21.6 Å². The number of hydrogen-bond acceptors (Lipinski definition) is 6. The number of nitrogens with one attached hydrogen (secondary N) is 1. The largest absolute Gasteiger partial charge is 0.465 e. The van der Waals surface area contributed by atoms with E-state index in [0.717, 1.165) is 6.42 Å². The van der Waals surface area contributed by atoms with Crippen LogP contribution in [0, 0.1) is 6.92 Å². The molecule has 0 amide bonds. The summed E-state index contributed by atoms with van der Waals surface area (Å²) in [6.45, 7) is 2.07. The van der Waals surface area contributed by atoms with E-state index in [1.807, 2.05) is 0 Å². The molecule has 1 atom stereocenters. The number of sulfone groups is 1. The maximum atomic E-state index is 11.7. The van der Waals surface area contributed by atoms with E-state index in [9.17, 15) is 13.2 Å². The van der Waals surface area contributed by atoms with Crippen LogP contribution in [-0.2, 0) is 14.6 Å². The van der Waals surface area contributed by atoms with Crippen molar-refractivity contribution in [3.8, 4) is 0 Å². The number of hydrogen-bond donors (Lipinski definition) is 1. The molecule has 0 saturated carbocycles. The average molecular weight is 298 g/mol. The van der Waals surface area contributed by atoms with Crippen LogP contribution >= 0.6 is 0 Å².